The summed E-state index contributed by atoms with van der Waals surface area (Å²) in [5, 5.41) is -0.992. The first-order valence-electron chi connectivity index (χ1n) is 9.21. The third kappa shape index (κ3) is 3.99. The van der Waals surface area contributed by atoms with Gasteiger partial charge in [0.1, 0.15) is 17.7 Å². The zero-order valence-electron chi connectivity index (χ0n) is 16.2. The Morgan fingerprint density at radius 2 is 1.75 bits per heavy atom. The van der Waals surface area contributed by atoms with Gasteiger partial charge in [0.2, 0.25) is 0 Å². The number of benzene rings is 2. The summed E-state index contributed by atoms with van der Waals surface area (Å²) in [5.74, 6) is 0.445. The molecule has 1 unspecified atom stereocenters. The molecule has 2 atom stereocenters. The fourth-order valence-electron chi connectivity index (χ4n) is 3.55. The molecule has 1 saturated heterocycles. The third-order valence-electron chi connectivity index (χ3n) is 4.87. The number of methoxy groups -OCH3 is 1. The molecule has 1 aliphatic heterocycles. The summed E-state index contributed by atoms with van der Waals surface area (Å²) >= 11 is 0. The van der Waals surface area contributed by atoms with Crippen molar-refractivity contribution in [1.29, 1.82) is 0 Å². The summed E-state index contributed by atoms with van der Waals surface area (Å²) in [6.07, 6.45) is -0.0831. The zero-order chi connectivity index (χ0) is 20.3. The number of rotatable bonds is 7. The predicted molar refractivity (Wildman–Crippen MR) is 106 cm³/mol. The smallest absolute Gasteiger partial charge is 0.411 e. The van der Waals surface area contributed by atoms with E-state index in [1.165, 1.54) is 4.90 Å². The van der Waals surface area contributed by atoms with Gasteiger partial charge in [-0.2, -0.15) is 0 Å². The first-order chi connectivity index (χ1) is 13.3. The number of carbonyl (C=O) groups excluding carboxylic acids is 1. The Morgan fingerprint density at radius 3 is 2.32 bits per heavy atom. The average Bonchev–Trinajstić information content (AvgIpc) is 3.03. The van der Waals surface area contributed by atoms with Crippen molar-refractivity contribution in [3.8, 4) is 5.75 Å². The molecule has 1 fully saturated rings. The summed E-state index contributed by atoms with van der Waals surface area (Å²) in [4.78, 5) is 14.1. The first kappa shape index (κ1) is 20.2. The predicted octanol–water partition coefficient (Wildman–Crippen LogP) is 3.51. The molecule has 7 heteroatoms. The highest BCUT2D eigenvalue weighted by molar-refractivity contribution is 7.92. The Hall–Kier alpha value is -2.54. The second kappa shape index (κ2) is 8.22. The maximum atomic E-state index is 13.3. The molecule has 150 valence electrons. The highest BCUT2D eigenvalue weighted by Crippen LogP contribution is 2.31. The zero-order valence-corrected chi connectivity index (χ0v) is 17.1. The minimum Gasteiger partial charge on any atom is -0.497 e. The number of nitrogens with zero attached hydrogens (tertiary/aromatic N) is 1. The molecule has 3 rings (SSSR count). The van der Waals surface area contributed by atoms with Gasteiger partial charge in [-0.25, -0.2) is 13.2 Å². The van der Waals surface area contributed by atoms with Gasteiger partial charge in [0.25, 0.3) is 0 Å². The molecule has 28 heavy (non-hydrogen) atoms. The molecular weight excluding hydrogens is 378 g/mol. The van der Waals surface area contributed by atoms with Crippen LogP contribution in [0.5, 0.6) is 5.75 Å². The van der Waals surface area contributed by atoms with E-state index in [0.29, 0.717) is 6.42 Å². The quantitative estimate of drug-likeness (QED) is 0.707. The van der Waals surface area contributed by atoms with E-state index in [0.717, 1.165) is 11.3 Å². The molecule has 2 aromatic carbocycles. The lowest BCUT2D eigenvalue weighted by atomic mass is 10.0. The first-order valence-corrected chi connectivity index (χ1v) is 10.8. The SMILES string of the molecule is COc1ccc(C[C@H]2COC(=O)N2C(C(C)C)S(=O)(=O)c2ccccc2)cc1. The molecule has 0 saturated carbocycles. The minimum atomic E-state index is -3.75. The van der Waals surface area contributed by atoms with E-state index in [2.05, 4.69) is 0 Å². The van der Waals surface area contributed by atoms with Crippen molar-refractivity contribution in [2.24, 2.45) is 5.92 Å². The van der Waals surface area contributed by atoms with Crippen LogP contribution in [0.2, 0.25) is 0 Å². The van der Waals surface area contributed by atoms with E-state index in [4.69, 9.17) is 9.47 Å². The van der Waals surface area contributed by atoms with Gasteiger partial charge in [0, 0.05) is 0 Å². The second-order valence-electron chi connectivity index (χ2n) is 7.18. The van der Waals surface area contributed by atoms with Gasteiger partial charge in [-0.3, -0.25) is 4.90 Å². The van der Waals surface area contributed by atoms with Crippen molar-refractivity contribution in [1.82, 2.24) is 4.90 Å². The highest BCUT2D eigenvalue weighted by Gasteiger charge is 2.46. The summed E-state index contributed by atoms with van der Waals surface area (Å²) in [6.45, 7) is 3.78. The Bertz CT molecular complexity index is 910. The van der Waals surface area contributed by atoms with Crippen LogP contribution in [0, 0.1) is 5.92 Å². The number of ether oxygens (including phenoxy) is 2. The van der Waals surface area contributed by atoms with Gasteiger partial charge in [0.15, 0.2) is 9.84 Å². The fourth-order valence-corrected chi connectivity index (χ4v) is 5.64. The molecule has 0 aliphatic carbocycles. The molecule has 0 spiro atoms. The third-order valence-corrected chi connectivity index (χ3v) is 7.20. The molecule has 0 aromatic heterocycles. The van der Waals surface area contributed by atoms with Gasteiger partial charge in [0.05, 0.1) is 18.0 Å². The van der Waals surface area contributed by atoms with Gasteiger partial charge in [-0.1, -0.05) is 44.2 Å². The van der Waals surface area contributed by atoms with Crippen LogP contribution >= 0.6 is 0 Å². The maximum Gasteiger partial charge on any atom is 0.411 e. The second-order valence-corrected chi connectivity index (χ2v) is 9.23. The Labute approximate surface area is 166 Å². The lowest BCUT2D eigenvalue weighted by molar-refractivity contribution is 0.147. The van der Waals surface area contributed by atoms with E-state index in [9.17, 15) is 13.2 Å². The molecule has 1 aliphatic rings. The standard InChI is InChI=1S/C21H25NO5S/c1-15(2)20(28(24,25)19-7-5-4-6-8-19)22-17(14-27-21(22)23)13-16-9-11-18(26-3)12-10-16/h4-12,15,17,20H,13-14H2,1-3H3/t17-,20?/m0/s1. The number of cyclic esters (lactones) is 1. The summed E-state index contributed by atoms with van der Waals surface area (Å²) in [6, 6.07) is 15.4. The fraction of sp³-hybridized carbons (Fsp3) is 0.381. The van der Waals surface area contributed by atoms with E-state index in [-0.39, 0.29) is 23.5 Å². The Morgan fingerprint density at radius 1 is 1.11 bits per heavy atom. The molecular formula is C21H25NO5S. The van der Waals surface area contributed by atoms with Crippen LogP contribution in [0.4, 0.5) is 4.79 Å². The van der Waals surface area contributed by atoms with Crippen LogP contribution in [0.1, 0.15) is 19.4 Å². The summed E-state index contributed by atoms with van der Waals surface area (Å²) < 4.78 is 37.1. The van der Waals surface area contributed by atoms with Crippen molar-refractivity contribution in [3.05, 3.63) is 60.2 Å². The Balaban J connectivity index is 1.92. The van der Waals surface area contributed by atoms with E-state index in [1.807, 2.05) is 24.3 Å². The van der Waals surface area contributed by atoms with Gasteiger partial charge < -0.3 is 9.47 Å². The molecule has 2 aromatic rings. The normalized spacial score (nSPS) is 18.2. The van der Waals surface area contributed by atoms with Crippen molar-refractivity contribution in [2.45, 2.75) is 36.6 Å². The van der Waals surface area contributed by atoms with E-state index in [1.54, 1.807) is 51.3 Å². The lowest BCUT2D eigenvalue weighted by Crippen LogP contribution is -2.50. The molecule has 0 radical (unpaired) electrons. The largest absolute Gasteiger partial charge is 0.497 e. The monoisotopic (exact) mass is 403 g/mol. The number of amides is 1. The van der Waals surface area contributed by atoms with Crippen molar-refractivity contribution < 1.29 is 22.7 Å². The van der Waals surface area contributed by atoms with Crippen molar-refractivity contribution >= 4 is 15.9 Å². The maximum absolute atomic E-state index is 13.3. The highest BCUT2D eigenvalue weighted by atomic mass is 32.2. The van der Waals surface area contributed by atoms with Crippen LogP contribution in [-0.4, -0.2) is 44.5 Å². The van der Waals surface area contributed by atoms with Crippen molar-refractivity contribution in [2.75, 3.05) is 13.7 Å². The summed E-state index contributed by atoms with van der Waals surface area (Å²) in [7, 11) is -2.15. The van der Waals surface area contributed by atoms with Crippen molar-refractivity contribution in [3.63, 3.8) is 0 Å². The van der Waals surface area contributed by atoms with Crippen LogP contribution in [0.25, 0.3) is 0 Å². The minimum absolute atomic E-state index is 0.165. The number of carbonyl (C=O) groups is 1. The van der Waals surface area contributed by atoms with Crippen LogP contribution in [0.15, 0.2) is 59.5 Å². The lowest BCUT2D eigenvalue weighted by Gasteiger charge is -2.33. The molecule has 1 heterocycles. The van der Waals surface area contributed by atoms with Gasteiger partial charge in [-0.05, 0) is 42.2 Å². The molecule has 1 amide bonds. The Kier molecular flexibility index (Phi) is 5.93. The van der Waals surface area contributed by atoms with Gasteiger partial charge in [-0.15, -0.1) is 0 Å². The average molecular weight is 404 g/mol. The molecule has 6 nitrogen and oxygen atoms in total. The van der Waals surface area contributed by atoms with Crippen LogP contribution < -0.4 is 4.74 Å². The molecule has 0 bridgehead atoms. The number of sulfone groups is 1. The van der Waals surface area contributed by atoms with Gasteiger partial charge >= 0.3 is 6.09 Å². The molecule has 0 N–H and O–H groups in total. The summed E-state index contributed by atoms with van der Waals surface area (Å²) in [5.41, 5.74) is 0.980. The van der Waals surface area contributed by atoms with Crippen LogP contribution in [0.3, 0.4) is 0 Å². The van der Waals surface area contributed by atoms with E-state index >= 15 is 0 Å². The van der Waals surface area contributed by atoms with E-state index < -0.39 is 21.3 Å². The topological polar surface area (TPSA) is 72.9 Å². The number of hydrogen-bond acceptors (Lipinski definition) is 5. The van der Waals surface area contributed by atoms with Crippen LogP contribution in [-0.2, 0) is 21.0 Å². The number of hydrogen-bond donors (Lipinski definition) is 0.